The van der Waals surface area contributed by atoms with Crippen molar-refractivity contribution in [1.29, 1.82) is 0 Å². The van der Waals surface area contributed by atoms with Gasteiger partial charge >= 0.3 is 12.0 Å². The highest BCUT2D eigenvalue weighted by molar-refractivity contribution is 6.08. The summed E-state index contributed by atoms with van der Waals surface area (Å²) in [5.41, 5.74) is 4.49. The SMILES string of the molecule is COC(=O)[C@@H](NC(=O)c1cc2ccccc2nc1NC(=O)Nc1c(C)cc(C)cc1C)C1CCCCC1. The molecule has 1 atom stereocenters. The summed E-state index contributed by atoms with van der Waals surface area (Å²) in [6, 6.07) is 11.8. The van der Waals surface area contributed by atoms with E-state index >= 15 is 0 Å². The Balaban J connectivity index is 1.63. The minimum atomic E-state index is -0.760. The number of benzene rings is 2. The van der Waals surface area contributed by atoms with Crippen LogP contribution in [0.1, 0.15) is 59.2 Å². The molecule has 1 fully saturated rings. The first-order valence-corrected chi connectivity index (χ1v) is 12.7. The van der Waals surface area contributed by atoms with Crippen molar-refractivity contribution in [2.75, 3.05) is 17.7 Å². The number of pyridine rings is 1. The molecular weight excluding hydrogens is 468 g/mol. The number of anilines is 2. The molecule has 0 spiro atoms. The molecule has 1 aliphatic rings. The van der Waals surface area contributed by atoms with E-state index < -0.39 is 23.9 Å². The first-order chi connectivity index (χ1) is 17.8. The number of urea groups is 1. The van der Waals surface area contributed by atoms with E-state index in [4.69, 9.17) is 4.74 Å². The zero-order valence-electron chi connectivity index (χ0n) is 21.8. The first kappa shape index (κ1) is 26.1. The molecule has 1 aromatic heterocycles. The van der Waals surface area contributed by atoms with Gasteiger partial charge in [-0.15, -0.1) is 0 Å². The van der Waals surface area contributed by atoms with E-state index in [1.807, 2.05) is 57.2 Å². The number of hydrogen-bond acceptors (Lipinski definition) is 5. The Morgan fingerprint density at radius 1 is 0.946 bits per heavy atom. The van der Waals surface area contributed by atoms with Gasteiger partial charge in [0.1, 0.15) is 11.9 Å². The number of aromatic nitrogens is 1. The fourth-order valence-corrected chi connectivity index (χ4v) is 5.20. The monoisotopic (exact) mass is 502 g/mol. The largest absolute Gasteiger partial charge is 0.467 e. The second-order valence-corrected chi connectivity index (χ2v) is 9.80. The lowest BCUT2D eigenvalue weighted by molar-refractivity contribution is -0.144. The summed E-state index contributed by atoms with van der Waals surface area (Å²) in [4.78, 5) is 43.8. The number of aryl methyl sites for hydroxylation is 3. The average molecular weight is 503 g/mol. The molecule has 3 amide bonds. The number of methoxy groups -OCH3 is 1. The smallest absolute Gasteiger partial charge is 0.328 e. The molecule has 8 heteroatoms. The highest BCUT2D eigenvalue weighted by Gasteiger charge is 2.32. The number of esters is 1. The van der Waals surface area contributed by atoms with Crippen molar-refractivity contribution >= 4 is 40.3 Å². The van der Waals surface area contributed by atoms with E-state index in [1.54, 1.807) is 6.07 Å². The molecule has 3 N–H and O–H groups in total. The summed E-state index contributed by atoms with van der Waals surface area (Å²) in [5.74, 6) is -0.835. The molecule has 1 aliphatic carbocycles. The second kappa shape index (κ2) is 11.4. The number of ether oxygens (including phenoxy) is 1. The lowest BCUT2D eigenvalue weighted by Crippen LogP contribution is -2.47. The molecule has 4 rings (SSSR count). The maximum absolute atomic E-state index is 13.5. The van der Waals surface area contributed by atoms with Crippen LogP contribution in [0.5, 0.6) is 0 Å². The average Bonchev–Trinajstić information content (AvgIpc) is 2.88. The third-order valence-electron chi connectivity index (χ3n) is 6.98. The molecular formula is C29H34N4O4. The molecule has 37 heavy (non-hydrogen) atoms. The minimum Gasteiger partial charge on any atom is -0.467 e. The zero-order valence-corrected chi connectivity index (χ0v) is 21.8. The van der Waals surface area contributed by atoms with Gasteiger partial charge in [-0.3, -0.25) is 10.1 Å². The number of para-hydroxylation sites is 1. The second-order valence-electron chi connectivity index (χ2n) is 9.80. The van der Waals surface area contributed by atoms with E-state index in [2.05, 4.69) is 20.9 Å². The van der Waals surface area contributed by atoms with Crippen LogP contribution >= 0.6 is 0 Å². The standard InChI is InChI=1S/C29H34N4O4/c1-17-14-18(2)24(19(3)15-17)32-29(36)33-26-22(16-21-12-8-9-13-23(21)30-26)27(34)31-25(28(35)37-4)20-10-6-5-7-11-20/h8-9,12-16,20,25H,5-7,10-11H2,1-4H3,(H,31,34)(H2,30,32,33,36)/t25-/m0/s1. The highest BCUT2D eigenvalue weighted by atomic mass is 16.5. The summed E-state index contributed by atoms with van der Waals surface area (Å²) in [7, 11) is 1.33. The Hall–Kier alpha value is -3.94. The van der Waals surface area contributed by atoms with Crippen molar-refractivity contribution < 1.29 is 19.1 Å². The third kappa shape index (κ3) is 6.07. The molecule has 2 aromatic carbocycles. The molecule has 1 heterocycles. The lowest BCUT2D eigenvalue weighted by atomic mass is 9.83. The topological polar surface area (TPSA) is 109 Å². The van der Waals surface area contributed by atoms with Crippen LogP contribution in [0, 0.1) is 26.7 Å². The van der Waals surface area contributed by atoms with Crippen molar-refractivity contribution in [3.05, 3.63) is 64.7 Å². The Morgan fingerprint density at radius 2 is 1.62 bits per heavy atom. The van der Waals surface area contributed by atoms with Crippen LogP contribution in [-0.4, -0.2) is 36.0 Å². The maximum Gasteiger partial charge on any atom is 0.328 e. The van der Waals surface area contributed by atoms with Gasteiger partial charge in [-0.25, -0.2) is 14.6 Å². The Morgan fingerprint density at radius 3 is 2.30 bits per heavy atom. The molecule has 0 bridgehead atoms. The summed E-state index contributed by atoms with van der Waals surface area (Å²) < 4.78 is 5.02. The van der Waals surface area contributed by atoms with Gasteiger partial charge in [0.2, 0.25) is 0 Å². The van der Waals surface area contributed by atoms with Crippen LogP contribution in [0.2, 0.25) is 0 Å². The predicted molar refractivity (Wildman–Crippen MR) is 145 cm³/mol. The quantitative estimate of drug-likeness (QED) is 0.377. The van der Waals surface area contributed by atoms with Crippen molar-refractivity contribution in [2.24, 2.45) is 5.92 Å². The van der Waals surface area contributed by atoms with Gasteiger partial charge in [0, 0.05) is 11.1 Å². The number of hydrogen-bond donors (Lipinski definition) is 3. The van der Waals surface area contributed by atoms with E-state index in [9.17, 15) is 14.4 Å². The maximum atomic E-state index is 13.5. The van der Waals surface area contributed by atoms with Crippen LogP contribution in [-0.2, 0) is 9.53 Å². The fraction of sp³-hybridized carbons (Fsp3) is 0.379. The number of rotatable bonds is 6. The Kier molecular flexibility index (Phi) is 8.06. The van der Waals surface area contributed by atoms with Gasteiger partial charge in [0.25, 0.3) is 5.91 Å². The molecule has 0 saturated heterocycles. The van der Waals surface area contributed by atoms with E-state index in [0.717, 1.165) is 54.2 Å². The van der Waals surface area contributed by atoms with Gasteiger partial charge in [-0.2, -0.15) is 0 Å². The van der Waals surface area contributed by atoms with Crippen LogP contribution in [0.25, 0.3) is 10.9 Å². The van der Waals surface area contributed by atoms with E-state index in [0.29, 0.717) is 11.2 Å². The van der Waals surface area contributed by atoms with Gasteiger partial charge in [-0.05, 0) is 62.8 Å². The molecule has 0 aliphatic heterocycles. The van der Waals surface area contributed by atoms with Crippen molar-refractivity contribution in [3.8, 4) is 0 Å². The van der Waals surface area contributed by atoms with Crippen molar-refractivity contribution in [1.82, 2.24) is 10.3 Å². The molecule has 8 nitrogen and oxygen atoms in total. The van der Waals surface area contributed by atoms with Crippen LogP contribution in [0.3, 0.4) is 0 Å². The summed E-state index contributed by atoms with van der Waals surface area (Å²) >= 11 is 0. The predicted octanol–water partition coefficient (Wildman–Crippen LogP) is 5.66. The minimum absolute atomic E-state index is 0.00533. The van der Waals surface area contributed by atoms with Gasteiger partial charge in [0.05, 0.1) is 18.2 Å². The number of nitrogens with zero attached hydrogens (tertiary/aromatic N) is 1. The Bertz CT molecular complexity index is 1310. The lowest BCUT2D eigenvalue weighted by Gasteiger charge is -2.29. The highest BCUT2D eigenvalue weighted by Crippen LogP contribution is 2.28. The summed E-state index contributed by atoms with van der Waals surface area (Å²) in [5, 5.41) is 9.28. The molecule has 0 radical (unpaired) electrons. The van der Waals surface area contributed by atoms with Gasteiger partial charge < -0.3 is 15.4 Å². The van der Waals surface area contributed by atoms with Crippen LogP contribution < -0.4 is 16.0 Å². The summed E-state index contributed by atoms with van der Waals surface area (Å²) in [6.07, 6.45) is 4.83. The molecule has 1 saturated carbocycles. The molecule has 194 valence electrons. The molecule has 3 aromatic rings. The van der Waals surface area contributed by atoms with Gasteiger partial charge in [-0.1, -0.05) is 55.2 Å². The first-order valence-electron chi connectivity index (χ1n) is 12.7. The number of fused-ring (bicyclic) bond motifs is 1. The van der Waals surface area contributed by atoms with Crippen LogP contribution in [0.15, 0.2) is 42.5 Å². The van der Waals surface area contributed by atoms with Gasteiger partial charge in [0.15, 0.2) is 0 Å². The number of carbonyl (C=O) groups is 3. The summed E-state index contributed by atoms with van der Waals surface area (Å²) in [6.45, 7) is 5.87. The van der Waals surface area contributed by atoms with E-state index in [-0.39, 0.29) is 17.3 Å². The van der Waals surface area contributed by atoms with E-state index in [1.165, 1.54) is 7.11 Å². The number of carbonyl (C=O) groups excluding carboxylic acids is 3. The van der Waals surface area contributed by atoms with Crippen molar-refractivity contribution in [3.63, 3.8) is 0 Å². The number of amides is 3. The Labute approximate surface area is 217 Å². The van der Waals surface area contributed by atoms with Crippen molar-refractivity contribution in [2.45, 2.75) is 58.9 Å². The number of nitrogens with one attached hydrogen (secondary N) is 3. The normalized spacial score (nSPS) is 14.6. The zero-order chi connectivity index (χ0) is 26.5. The third-order valence-corrected chi connectivity index (χ3v) is 6.98. The fourth-order valence-electron chi connectivity index (χ4n) is 5.20. The molecule has 0 unspecified atom stereocenters. The van der Waals surface area contributed by atoms with Crippen LogP contribution in [0.4, 0.5) is 16.3 Å².